The fraction of sp³-hybridized carbons (Fsp3) is 0.417. The van der Waals surface area contributed by atoms with Gasteiger partial charge in [-0.3, -0.25) is 0 Å². The Bertz CT molecular complexity index is 563. The molecular formula is C12H14O5S2. The molecule has 1 N–H and O–H groups in total. The number of hydrogen-bond donors (Lipinski definition) is 1. The molecule has 0 atom stereocenters. The zero-order valence-electron chi connectivity index (χ0n) is 10.1. The third kappa shape index (κ3) is 3.71. The van der Waals surface area contributed by atoms with Crippen LogP contribution in [0.3, 0.4) is 0 Å². The van der Waals surface area contributed by atoms with Crippen LogP contribution in [0.25, 0.3) is 0 Å². The van der Waals surface area contributed by atoms with Crippen LogP contribution in [-0.2, 0) is 14.6 Å². The number of ether oxygens (including phenoxy) is 1. The number of aromatic carboxylic acids is 1. The molecule has 1 aromatic rings. The van der Waals surface area contributed by atoms with Gasteiger partial charge in [0.05, 0.1) is 34.7 Å². The smallest absolute Gasteiger partial charge is 0.335 e. The van der Waals surface area contributed by atoms with Gasteiger partial charge in [-0.15, -0.1) is 0 Å². The van der Waals surface area contributed by atoms with Crippen molar-refractivity contribution in [2.45, 2.75) is 10.1 Å². The minimum absolute atomic E-state index is 0.0111. The summed E-state index contributed by atoms with van der Waals surface area (Å²) in [6, 6.07) is 5.46. The van der Waals surface area contributed by atoms with E-state index in [-0.39, 0.29) is 16.2 Å². The summed E-state index contributed by atoms with van der Waals surface area (Å²) in [7, 11) is -3.42. The van der Waals surface area contributed by atoms with Crippen molar-refractivity contribution in [3.63, 3.8) is 0 Å². The van der Waals surface area contributed by atoms with Gasteiger partial charge in [0, 0.05) is 5.75 Å². The minimum Gasteiger partial charge on any atom is -0.478 e. The van der Waals surface area contributed by atoms with E-state index in [0.29, 0.717) is 24.2 Å². The molecule has 0 saturated carbocycles. The summed E-state index contributed by atoms with van der Waals surface area (Å²) in [6.07, 6.45) is 0. The van der Waals surface area contributed by atoms with Crippen molar-refractivity contribution in [1.82, 2.24) is 0 Å². The zero-order chi connectivity index (χ0) is 13.9. The van der Waals surface area contributed by atoms with Crippen molar-refractivity contribution in [3.8, 4) is 0 Å². The van der Waals surface area contributed by atoms with E-state index >= 15 is 0 Å². The first-order valence-corrected chi connectivity index (χ1v) is 8.44. The standard InChI is InChI=1S/C12H14O5S2/c13-12(14)9-2-1-3-11(6-9)19(15,16)5-4-18-10-7-17-8-10/h1-3,6,10H,4-5,7-8H2,(H,13,14). The largest absolute Gasteiger partial charge is 0.478 e. The van der Waals surface area contributed by atoms with Crippen LogP contribution in [0, 0.1) is 0 Å². The highest BCUT2D eigenvalue weighted by atomic mass is 32.2. The predicted octanol–water partition coefficient (Wildman–Crippen LogP) is 1.29. The molecule has 1 aliphatic rings. The summed E-state index contributed by atoms with van der Waals surface area (Å²) in [5.74, 6) is -0.622. The maximum Gasteiger partial charge on any atom is 0.335 e. The molecule has 2 rings (SSSR count). The van der Waals surface area contributed by atoms with E-state index in [0.717, 1.165) is 0 Å². The first-order valence-electron chi connectivity index (χ1n) is 5.74. The van der Waals surface area contributed by atoms with Gasteiger partial charge < -0.3 is 9.84 Å². The number of benzene rings is 1. The van der Waals surface area contributed by atoms with Crippen LogP contribution in [-0.4, -0.2) is 49.5 Å². The molecular weight excluding hydrogens is 288 g/mol. The van der Waals surface area contributed by atoms with E-state index in [9.17, 15) is 13.2 Å². The molecule has 0 aliphatic carbocycles. The SMILES string of the molecule is O=C(O)c1cccc(S(=O)(=O)CCSC2COC2)c1. The Morgan fingerprint density at radius 1 is 1.42 bits per heavy atom. The van der Waals surface area contributed by atoms with Crippen molar-refractivity contribution >= 4 is 27.6 Å². The van der Waals surface area contributed by atoms with Gasteiger partial charge in [-0.2, -0.15) is 11.8 Å². The Balaban J connectivity index is 2.01. The van der Waals surface area contributed by atoms with Gasteiger partial charge in [-0.25, -0.2) is 13.2 Å². The van der Waals surface area contributed by atoms with E-state index in [2.05, 4.69) is 0 Å². The number of hydrogen-bond acceptors (Lipinski definition) is 5. The second kappa shape index (κ2) is 5.94. The maximum absolute atomic E-state index is 12.1. The Labute approximate surface area is 115 Å². The molecule has 7 heteroatoms. The summed E-state index contributed by atoms with van der Waals surface area (Å²) >= 11 is 1.57. The summed E-state index contributed by atoms with van der Waals surface area (Å²) in [5.41, 5.74) is -0.0129. The van der Waals surface area contributed by atoms with Crippen LogP contribution in [0.4, 0.5) is 0 Å². The average molecular weight is 302 g/mol. The van der Waals surface area contributed by atoms with Crippen molar-refractivity contribution < 1.29 is 23.1 Å². The van der Waals surface area contributed by atoms with Gasteiger partial charge >= 0.3 is 5.97 Å². The molecule has 1 heterocycles. The molecule has 0 unspecified atom stereocenters. The van der Waals surface area contributed by atoms with Gasteiger partial charge in [0.2, 0.25) is 0 Å². The lowest BCUT2D eigenvalue weighted by molar-refractivity contribution is 0.0455. The molecule has 0 bridgehead atoms. The Morgan fingerprint density at radius 3 is 2.74 bits per heavy atom. The van der Waals surface area contributed by atoms with Crippen LogP contribution in [0.2, 0.25) is 0 Å². The van der Waals surface area contributed by atoms with Gasteiger partial charge in [0.25, 0.3) is 0 Å². The molecule has 1 saturated heterocycles. The Kier molecular flexibility index (Phi) is 4.49. The third-order valence-corrected chi connectivity index (χ3v) is 5.91. The molecule has 1 aliphatic heterocycles. The molecule has 0 aromatic heterocycles. The van der Waals surface area contributed by atoms with E-state index in [1.165, 1.54) is 24.3 Å². The molecule has 1 aromatic carbocycles. The van der Waals surface area contributed by atoms with E-state index < -0.39 is 15.8 Å². The number of rotatable bonds is 6. The second-order valence-electron chi connectivity index (χ2n) is 4.18. The van der Waals surface area contributed by atoms with Crippen molar-refractivity contribution in [2.24, 2.45) is 0 Å². The fourth-order valence-corrected chi connectivity index (χ4v) is 4.38. The van der Waals surface area contributed by atoms with Crippen molar-refractivity contribution in [3.05, 3.63) is 29.8 Å². The van der Waals surface area contributed by atoms with Crippen LogP contribution in [0.15, 0.2) is 29.2 Å². The van der Waals surface area contributed by atoms with E-state index in [4.69, 9.17) is 9.84 Å². The first-order chi connectivity index (χ1) is 8.99. The van der Waals surface area contributed by atoms with Gasteiger partial charge in [0.1, 0.15) is 0 Å². The summed E-state index contributed by atoms with van der Waals surface area (Å²) in [5, 5.41) is 9.24. The minimum atomic E-state index is -3.42. The molecule has 1 fully saturated rings. The van der Waals surface area contributed by atoms with E-state index in [1.807, 2.05) is 0 Å². The number of carboxylic acids is 1. The lowest BCUT2D eigenvalue weighted by Gasteiger charge is -2.25. The van der Waals surface area contributed by atoms with Crippen LogP contribution in [0.1, 0.15) is 10.4 Å². The van der Waals surface area contributed by atoms with Crippen LogP contribution >= 0.6 is 11.8 Å². The highest BCUT2D eigenvalue weighted by molar-refractivity contribution is 8.01. The summed E-state index contributed by atoms with van der Waals surface area (Å²) in [6.45, 7) is 1.36. The summed E-state index contributed by atoms with van der Waals surface area (Å²) < 4.78 is 29.1. The lowest BCUT2D eigenvalue weighted by atomic mass is 10.2. The Morgan fingerprint density at radius 2 is 2.16 bits per heavy atom. The van der Waals surface area contributed by atoms with Gasteiger partial charge in [-0.1, -0.05) is 6.07 Å². The monoisotopic (exact) mass is 302 g/mol. The second-order valence-corrected chi connectivity index (χ2v) is 7.70. The molecule has 0 spiro atoms. The third-order valence-electron chi connectivity index (χ3n) is 2.75. The molecule has 5 nitrogen and oxygen atoms in total. The topological polar surface area (TPSA) is 80.7 Å². The quantitative estimate of drug-likeness (QED) is 0.853. The number of carbonyl (C=O) groups is 1. The molecule has 19 heavy (non-hydrogen) atoms. The average Bonchev–Trinajstić information content (AvgIpc) is 2.32. The van der Waals surface area contributed by atoms with Crippen molar-refractivity contribution in [2.75, 3.05) is 24.7 Å². The van der Waals surface area contributed by atoms with Crippen LogP contribution in [0.5, 0.6) is 0 Å². The number of thioether (sulfide) groups is 1. The highest BCUT2D eigenvalue weighted by Gasteiger charge is 2.21. The van der Waals surface area contributed by atoms with Gasteiger partial charge in [-0.05, 0) is 18.2 Å². The van der Waals surface area contributed by atoms with Crippen molar-refractivity contribution in [1.29, 1.82) is 0 Å². The normalized spacial score (nSPS) is 16.0. The fourth-order valence-electron chi connectivity index (χ4n) is 1.58. The molecule has 0 amide bonds. The first kappa shape index (κ1) is 14.4. The van der Waals surface area contributed by atoms with E-state index in [1.54, 1.807) is 11.8 Å². The number of sulfone groups is 1. The lowest BCUT2D eigenvalue weighted by Crippen LogP contribution is -2.31. The predicted molar refractivity (Wildman–Crippen MR) is 72.5 cm³/mol. The maximum atomic E-state index is 12.1. The number of carboxylic acid groups (broad SMARTS) is 1. The molecule has 104 valence electrons. The Hall–Kier alpha value is -1.05. The highest BCUT2D eigenvalue weighted by Crippen LogP contribution is 2.21. The van der Waals surface area contributed by atoms with Crippen LogP contribution < -0.4 is 0 Å². The molecule has 0 radical (unpaired) electrons. The zero-order valence-corrected chi connectivity index (χ0v) is 11.7. The van der Waals surface area contributed by atoms with Gasteiger partial charge in [0.15, 0.2) is 9.84 Å². The summed E-state index contributed by atoms with van der Waals surface area (Å²) in [4.78, 5) is 10.9.